The van der Waals surface area contributed by atoms with Crippen LogP contribution in [0.3, 0.4) is 0 Å². The Hall–Kier alpha value is -2.94. The molecule has 0 unspecified atom stereocenters. The van der Waals surface area contributed by atoms with Crippen LogP contribution in [0.15, 0.2) is 70.0 Å². The van der Waals surface area contributed by atoms with Crippen molar-refractivity contribution in [1.82, 2.24) is 4.90 Å². The number of imide groups is 1. The molecule has 9 heteroatoms. The van der Waals surface area contributed by atoms with Crippen LogP contribution in [-0.4, -0.2) is 36.3 Å². The Kier molecular flexibility index (Phi) is 8.61. The van der Waals surface area contributed by atoms with Gasteiger partial charge in [0.1, 0.15) is 19.0 Å². The lowest BCUT2D eigenvalue weighted by Gasteiger charge is -2.15. The van der Waals surface area contributed by atoms with E-state index in [0.717, 1.165) is 22.9 Å². The third-order valence-corrected chi connectivity index (χ3v) is 7.20. The average molecular weight is 589 g/mol. The van der Waals surface area contributed by atoms with Gasteiger partial charge in [0.15, 0.2) is 11.5 Å². The van der Waals surface area contributed by atoms with Crippen LogP contribution >= 0.6 is 39.3 Å². The second kappa shape index (κ2) is 11.9. The van der Waals surface area contributed by atoms with Crippen molar-refractivity contribution in [1.29, 1.82) is 0 Å². The highest BCUT2D eigenvalue weighted by Crippen LogP contribution is 2.39. The fourth-order valence-electron chi connectivity index (χ4n) is 3.51. The maximum Gasteiger partial charge on any atom is 0.293 e. The Morgan fingerprint density at radius 2 is 1.81 bits per heavy atom. The average Bonchev–Trinajstić information content (AvgIpc) is 3.12. The summed E-state index contributed by atoms with van der Waals surface area (Å²) in [6.07, 6.45) is 1.67. The minimum Gasteiger partial charge on any atom is -0.493 e. The molecular weight excluding hydrogens is 566 g/mol. The molecule has 1 heterocycles. The van der Waals surface area contributed by atoms with Gasteiger partial charge in [-0.1, -0.05) is 35.9 Å². The quantitative estimate of drug-likeness (QED) is 0.248. The molecule has 1 aliphatic heterocycles. The number of methoxy groups -OCH3 is 1. The van der Waals surface area contributed by atoms with Gasteiger partial charge in [-0.25, -0.2) is 0 Å². The van der Waals surface area contributed by atoms with Crippen molar-refractivity contribution in [2.75, 3.05) is 20.3 Å². The fraction of sp³-hybridized carbons (Fsp3) is 0.185. The van der Waals surface area contributed by atoms with Crippen LogP contribution in [0, 0.1) is 6.92 Å². The van der Waals surface area contributed by atoms with Gasteiger partial charge in [-0.15, -0.1) is 0 Å². The molecule has 0 saturated carbocycles. The largest absolute Gasteiger partial charge is 0.493 e. The number of ether oxygens (including phenoxy) is 3. The van der Waals surface area contributed by atoms with E-state index in [1.54, 1.807) is 43.5 Å². The number of carbonyl (C=O) groups is 2. The Bertz CT molecular complexity index is 1310. The van der Waals surface area contributed by atoms with Crippen LogP contribution in [0.4, 0.5) is 4.79 Å². The minimum atomic E-state index is -0.361. The van der Waals surface area contributed by atoms with Crippen LogP contribution in [-0.2, 0) is 11.4 Å². The van der Waals surface area contributed by atoms with Gasteiger partial charge in [-0.05, 0) is 93.8 Å². The molecule has 0 aliphatic carbocycles. The molecule has 4 rings (SSSR count). The minimum absolute atomic E-state index is 0.142. The molecule has 3 aromatic rings. The van der Waals surface area contributed by atoms with Crippen LogP contribution in [0.1, 0.15) is 16.7 Å². The van der Waals surface area contributed by atoms with Crippen LogP contribution in [0.5, 0.6) is 17.2 Å². The van der Waals surface area contributed by atoms with E-state index in [1.165, 1.54) is 4.90 Å². The monoisotopic (exact) mass is 587 g/mol. The summed E-state index contributed by atoms with van der Waals surface area (Å²) in [5, 5.41) is 0.266. The number of hydrogen-bond acceptors (Lipinski definition) is 6. The Morgan fingerprint density at radius 3 is 2.53 bits per heavy atom. The first-order valence-corrected chi connectivity index (χ1v) is 13.0. The van der Waals surface area contributed by atoms with Gasteiger partial charge in [0.25, 0.3) is 11.1 Å². The molecule has 0 aromatic heterocycles. The normalized spacial score (nSPS) is 14.4. The molecule has 6 nitrogen and oxygen atoms in total. The third-order valence-electron chi connectivity index (χ3n) is 5.45. The topological polar surface area (TPSA) is 65.1 Å². The van der Waals surface area contributed by atoms with Crippen molar-refractivity contribution >= 4 is 56.5 Å². The molecule has 1 saturated heterocycles. The number of aryl methyl sites for hydroxylation is 1. The number of amides is 2. The lowest BCUT2D eigenvalue weighted by atomic mass is 10.1. The maximum absolute atomic E-state index is 12.9. The highest BCUT2D eigenvalue weighted by Gasteiger charge is 2.35. The van der Waals surface area contributed by atoms with E-state index in [-0.39, 0.29) is 24.3 Å². The molecule has 0 atom stereocenters. The van der Waals surface area contributed by atoms with Crippen LogP contribution in [0.25, 0.3) is 6.08 Å². The second-order valence-electron chi connectivity index (χ2n) is 7.89. The lowest BCUT2D eigenvalue weighted by Crippen LogP contribution is -2.32. The first-order chi connectivity index (χ1) is 17.4. The lowest BCUT2D eigenvalue weighted by molar-refractivity contribution is -0.123. The van der Waals surface area contributed by atoms with Crippen molar-refractivity contribution in [2.45, 2.75) is 13.5 Å². The molecular formula is C27H23BrClNO5S. The van der Waals surface area contributed by atoms with Crippen molar-refractivity contribution in [3.63, 3.8) is 0 Å². The molecule has 0 bridgehead atoms. The molecule has 36 heavy (non-hydrogen) atoms. The number of nitrogens with zero attached hydrogens (tertiary/aromatic N) is 1. The molecule has 2 amide bonds. The summed E-state index contributed by atoms with van der Waals surface area (Å²) in [4.78, 5) is 26.9. The van der Waals surface area contributed by atoms with E-state index in [4.69, 9.17) is 25.8 Å². The number of hydrogen-bond donors (Lipinski definition) is 0. The van der Waals surface area contributed by atoms with Crippen LogP contribution < -0.4 is 14.2 Å². The number of thioether (sulfide) groups is 1. The summed E-state index contributed by atoms with van der Waals surface area (Å²) < 4.78 is 17.9. The Balaban J connectivity index is 1.44. The molecule has 0 spiro atoms. The van der Waals surface area contributed by atoms with Crippen LogP contribution in [0.2, 0.25) is 5.02 Å². The molecule has 3 aromatic carbocycles. The van der Waals surface area contributed by atoms with Gasteiger partial charge in [0.2, 0.25) is 0 Å². The summed E-state index contributed by atoms with van der Waals surface area (Å²) >= 11 is 10.3. The number of halogens is 2. The predicted octanol–water partition coefficient (Wildman–Crippen LogP) is 7.11. The van der Waals surface area contributed by atoms with Gasteiger partial charge >= 0.3 is 0 Å². The van der Waals surface area contributed by atoms with E-state index in [1.807, 2.05) is 37.3 Å². The summed E-state index contributed by atoms with van der Waals surface area (Å²) in [5.74, 6) is 1.33. The standard InChI is InChI=1S/C27H23BrClNO5S/c1-17-5-3-4-6-19(17)16-35-25-22(28)13-18(14-23(25)33-2)15-24-26(31)30(27(32)36-24)11-12-34-21-9-7-20(29)8-10-21/h3-10,13-15H,11-12,16H2,1-2H3/b24-15-. The van der Waals surface area contributed by atoms with Crippen molar-refractivity contribution in [3.8, 4) is 17.2 Å². The Labute approximate surface area is 227 Å². The summed E-state index contributed by atoms with van der Waals surface area (Å²) in [7, 11) is 1.56. The summed E-state index contributed by atoms with van der Waals surface area (Å²) in [6.45, 7) is 2.74. The fourth-order valence-corrected chi connectivity index (χ4v) is 5.08. The van der Waals surface area contributed by atoms with Crippen molar-refractivity contribution in [3.05, 3.63) is 91.8 Å². The van der Waals surface area contributed by atoms with Gasteiger partial charge in [-0.2, -0.15) is 0 Å². The molecule has 186 valence electrons. The van der Waals surface area contributed by atoms with E-state index < -0.39 is 0 Å². The summed E-state index contributed by atoms with van der Waals surface area (Å²) in [5.41, 5.74) is 2.91. The van der Waals surface area contributed by atoms with Crippen molar-refractivity contribution < 1.29 is 23.8 Å². The van der Waals surface area contributed by atoms with E-state index in [9.17, 15) is 9.59 Å². The SMILES string of the molecule is COc1cc(/C=C2\SC(=O)N(CCOc3ccc(Cl)cc3)C2=O)cc(Br)c1OCc1ccccc1C. The zero-order valence-electron chi connectivity index (χ0n) is 19.6. The van der Waals surface area contributed by atoms with E-state index in [2.05, 4.69) is 15.9 Å². The van der Waals surface area contributed by atoms with Crippen molar-refractivity contribution in [2.24, 2.45) is 0 Å². The molecule has 1 fully saturated rings. The first-order valence-electron chi connectivity index (χ1n) is 11.0. The highest BCUT2D eigenvalue weighted by molar-refractivity contribution is 9.10. The predicted molar refractivity (Wildman–Crippen MR) is 146 cm³/mol. The van der Waals surface area contributed by atoms with Gasteiger partial charge in [-0.3, -0.25) is 14.5 Å². The first kappa shape index (κ1) is 26.1. The van der Waals surface area contributed by atoms with E-state index in [0.29, 0.717) is 43.8 Å². The number of benzene rings is 3. The Morgan fingerprint density at radius 1 is 1.06 bits per heavy atom. The third kappa shape index (κ3) is 6.24. The smallest absolute Gasteiger partial charge is 0.293 e. The zero-order chi connectivity index (χ0) is 25.7. The van der Waals surface area contributed by atoms with Gasteiger partial charge in [0, 0.05) is 5.02 Å². The number of carbonyl (C=O) groups excluding carboxylic acids is 2. The maximum atomic E-state index is 12.9. The number of rotatable bonds is 9. The molecule has 1 aliphatic rings. The summed E-state index contributed by atoms with van der Waals surface area (Å²) in [6, 6.07) is 18.5. The van der Waals surface area contributed by atoms with Gasteiger partial charge < -0.3 is 14.2 Å². The second-order valence-corrected chi connectivity index (χ2v) is 10.2. The molecule has 0 N–H and O–H groups in total. The van der Waals surface area contributed by atoms with E-state index >= 15 is 0 Å². The zero-order valence-corrected chi connectivity index (χ0v) is 22.8. The molecule has 0 radical (unpaired) electrons. The van der Waals surface area contributed by atoms with Gasteiger partial charge in [0.05, 0.1) is 23.0 Å². The highest BCUT2D eigenvalue weighted by atomic mass is 79.9.